The van der Waals surface area contributed by atoms with Crippen molar-refractivity contribution in [2.24, 2.45) is 5.73 Å². The van der Waals surface area contributed by atoms with Gasteiger partial charge in [-0.3, -0.25) is 0 Å². The molecule has 0 saturated carbocycles. The van der Waals surface area contributed by atoms with Crippen LogP contribution < -0.4 is 5.73 Å². The summed E-state index contributed by atoms with van der Waals surface area (Å²) in [6.45, 7) is 3.26. The number of halogens is 1. The van der Waals surface area contributed by atoms with Gasteiger partial charge in [-0.05, 0) is 37.1 Å². The first-order chi connectivity index (χ1) is 6.97. The molecule has 2 N–H and O–H groups in total. The van der Waals surface area contributed by atoms with Crippen LogP contribution in [0.15, 0.2) is 12.1 Å². The third-order valence-corrected chi connectivity index (χ3v) is 2.30. The maximum absolute atomic E-state index is 13.4. The van der Waals surface area contributed by atoms with Crippen molar-refractivity contribution in [2.45, 2.75) is 19.9 Å². The molecule has 1 atom stereocenters. The molecule has 3 nitrogen and oxygen atoms in total. The molecule has 0 aliphatic rings. The minimum absolute atomic E-state index is 0.227. The van der Waals surface area contributed by atoms with Gasteiger partial charge in [0.15, 0.2) is 0 Å². The molecule has 0 fully saturated rings. The Kier molecular flexibility index (Phi) is 3.42. The summed E-state index contributed by atoms with van der Waals surface area (Å²) in [7, 11) is 1.26. The number of carbonyl (C=O) groups is 1. The lowest BCUT2D eigenvalue weighted by molar-refractivity contribution is 0.0599. The van der Waals surface area contributed by atoms with Crippen molar-refractivity contribution in [3.63, 3.8) is 0 Å². The van der Waals surface area contributed by atoms with E-state index >= 15 is 0 Å². The Morgan fingerprint density at radius 1 is 1.53 bits per heavy atom. The van der Waals surface area contributed by atoms with Crippen LogP contribution in [-0.2, 0) is 4.74 Å². The molecule has 0 radical (unpaired) electrons. The lowest BCUT2D eigenvalue weighted by Gasteiger charge is -2.10. The lowest BCUT2D eigenvalue weighted by Crippen LogP contribution is -2.11. The first kappa shape index (κ1) is 11.7. The quantitative estimate of drug-likeness (QED) is 0.760. The molecule has 0 aromatic heterocycles. The number of methoxy groups -OCH3 is 1. The predicted molar refractivity (Wildman–Crippen MR) is 55.1 cm³/mol. The highest BCUT2D eigenvalue weighted by molar-refractivity contribution is 5.91. The molecule has 1 rings (SSSR count). The van der Waals surface area contributed by atoms with Gasteiger partial charge < -0.3 is 10.5 Å². The van der Waals surface area contributed by atoms with Crippen LogP contribution in [0.3, 0.4) is 0 Å². The van der Waals surface area contributed by atoms with Gasteiger partial charge in [0.05, 0.1) is 12.7 Å². The average Bonchev–Trinajstić information content (AvgIpc) is 2.20. The van der Waals surface area contributed by atoms with Crippen LogP contribution in [0.25, 0.3) is 0 Å². The van der Waals surface area contributed by atoms with E-state index < -0.39 is 11.8 Å². The van der Waals surface area contributed by atoms with E-state index in [1.807, 2.05) is 0 Å². The topological polar surface area (TPSA) is 52.3 Å². The molecule has 4 heteroatoms. The van der Waals surface area contributed by atoms with Crippen LogP contribution in [0.1, 0.15) is 34.5 Å². The summed E-state index contributed by atoms with van der Waals surface area (Å²) in [5, 5.41) is 0. The maximum Gasteiger partial charge on any atom is 0.338 e. The zero-order valence-corrected chi connectivity index (χ0v) is 9.00. The first-order valence-corrected chi connectivity index (χ1v) is 4.61. The van der Waals surface area contributed by atoms with Gasteiger partial charge in [0.1, 0.15) is 5.82 Å². The first-order valence-electron chi connectivity index (χ1n) is 4.61. The predicted octanol–water partition coefficient (Wildman–Crippen LogP) is 1.94. The Bertz CT molecular complexity index is 388. The molecule has 15 heavy (non-hydrogen) atoms. The van der Waals surface area contributed by atoms with E-state index in [1.54, 1.807) is 13.0 Å². The number of hydrogen-bond acceptors (Lipinski definition) is 3. The summed E-state index contributed by atoms with van der Waals surface area (Å²) in [6, 6.07) is 2.59. The summed E-state index contributed by atoms with van der Waals surface area (Å²) in [6.07, 6.45) is 0. The third kappa shape index (κ3) is 2.33. The van der Waals surface area contributed by atoms with E-state index in [9.17, 15) is 9.18 Å². The summed E-state index contributed by atoms with van der Waals surface area (Å²) >= 11 is 0. The van der Waals surface area contributed by atoms with Crippen molar-refractivity contribution < 1.29 is 13.9 Å². The fraction of sp³-hybridized carbons (Fsp3) is 0.364. The summed E-state index contributed by atoms with van der Waals surface area (Å²) in [5.41, 5.74) is 6.72. The third-order valence-electron chi connectivity index (χ3n) is 2.30. The fourth-order valence-corrected chi connectivity index (χ4v) is 1.28. The monoisotopic (exact) mass is 211 g/mol. The Morgan fingerprint density at radius 2 is 2.13 bits per heavy atom. The summed E-state index contributed by atoms with van der Waals surface area (Å²) < 4.78 is 18.0. The second-order valence-corrected chi connectivity index (χ2v) is 3.46. The van der Waals surface area contributed by atoms with E-state index in [-0.39, 0.29) is 17.2 Å². The van der Waals surface area contributed by atoms with Gasteiger partial charge in [-0.25, -0.2) is 9.18 Å². The molecule has 0 amide bonds. The van der Waals surface area contributed by atoms with Crippen LogP contribution in [0.2, 0.25) is 0 Å². The van der Waals surface area contributed by atoms with E-state index in [4.69, 9.17) is 5.73 Å². The highest BCUT2D eigenvalue weighted by Gasteiger charge is 2.15. The number of carbonyl (C=O) groups excluding carboxylic acids is 1. The van der Waals surface area contributed by atoms with Crippen LogP contribution >= 0.6 is 0 Å². The lowest BCUT2D eigenvalue weighted by atomic mass is 10.0. The zero-order chi connectivity index (χ0) is 11.6. The smallest absolute Gasteiger partial charge is 0.338 e. The van der Waals surface area contributed by atoms with Crippen molar-refractivity contribution in [3.8, 4) is 0 Å². The van der Waals surface area contributed by atoms with Crippen molar-refractivity contribution in [1.82, 2.24) is 0 Å². The second-order valence-electron chi connectivity index (χ2n) is 3.46. The molecule has 1 aromatic carbocycles. The van der Waals surface area contributed by atoms with Gasteiger partial charge in [-0.1, -0.05) is 0 Å². The Balaban J connectivity index is 3.31. The van der Waals surface area contributed by atoms with E-state index in [1.165, 1.54) is 20.1 Å². The van der Waals surface area contributed by atoms with Crippen LogP contribution in [0.4, 0.5) is 4.39 Å². The van der Waals surface area contributed by atoms with Gasteiger partial charge >= 0.3 is 5.97 Å². The standard InChI is InChI=1S/C11H14FNO2/c1-6-9(11(14)15-3)4-8(7(2)13)5-10(6)12/h4-5,7H,13H2,1-3H3. The Labute approximate surface area is 88.0 Å². The molecular formula is C11H14FNO2. The second kappa shape index (κ2) is 4.40. The molecule has 0 heterocycles. The van der Waals surface area contributed by atoms with E-state index in [0.29, 0.717) is 5.56 Å². The van der Waals surface area contributed by atoms with E-state index in [2.05, 4.69) is 4.74 Å². The van der Waals surface area contributed by atoms with Crippen molar-refractivity contribution in [2.75, 3.05) is 7.11 Å². The minimum Gasteiger partial charge on any atom is -0.465 e. The number of ether oxygens (including phenoxy) is 1. The van der Waals surface area contributed by atoms with Crippen molar-refractivity contribution in [1.29, 1.82) is 0 Å². The van der Waals surface area contributed by atoms with Crippen LogP contribution in [-0.4, -0.2) is 13.1 Å². The summed E-state index contributed by atoms with van der Waals surface area (Å²) in [5.74, 6) is -0.987. The van der Waals surface area contributed by atoms with Crippen LogP contribution in [0, 0.1) is 12.7 Å². The van der Waals surface area contributed by atoms with Crippen molar-refractivity contribution in [3.05, 3.63) is 34.6 Å². The SMILES string of the molecule is COC(=O)c1cc(C(C)N)cc(F)c1C. The van der Waals surface area contributed by atoms with Gasteiger partial charge in [0, 0.05) is 6.04 Å². The van der Waals surface area contributed by atoms with Gasteiger partial charge in [0.25, 0.3) is 0 Å². The molecule has 0 bridgehead atoms. The molecule has 0 spiro atoms. The largest absolute Gasteiger partial charge is 0.465 e. The number of rotatable bonds is 2. The molecule has 0 aliphatic heterocycles. The highest BCUT2D eigenvalue weighted by Crippen LogP contribution is 2.20. The Hall–Kier alpha value is -1.42. The highest BCUT2D eigenvalue weighted by atomic mass is 19.1. The average molecular weight is 211 g/mol. The molecule has 1 aromatic rings. The number of benzene rings is 1. The van der Waals surface area contributed by atoms with E-state index in [0.717, 1.165) is 0 Å². The Morgan fingerprint density at radius 3 is 2.60 bits per heavy atom. The molecular weight excluding hydrogens is 197 g/mol. The fourth-order valence-electron chi connectivity index (χ4n) is 1.28. The normalized spacial score (nSPS) is 12.3. The number of esters is 1. The molecule has 82 valence electrons. The molecule has 0 saturated heterocycles. The number of hydrogen-bond donors (Lipinski definition) is 1. The van der Waals surface area contributed by atoms with Gasteiger partial charge in [-0.15, -0.1) is 0 Å². The summed E-state index contributed by atoms with van der Waals surface area (Å²) in [4.78, 5) is 11.3. The van der Waals surface area contributed by atoms with Gasteiger partial charge in [-0.2, -0.15) is 0 Å². The molecule has 1 unspecified atom stereocenters. The molecule has 0 aliphatic carbocycles. The van der Waals surface area contributed by atoms with Gasteiger partial charge in [0.2, 0.25) is 0 Å². The zero-order valence-electron chi connectivity index (χ0n) is 9.00. The minimum atomic E-state index is -0.547. The number of nitrogens with two attached hydrogens (primary N) is 1. The van der Waals surface area contributed by atoms with Crippen molar-refractivity contribution >= 4 is 5.97 Å². The maximum atomic E-state index is 13.4. The van der Waals surface area contributed by atoms with Crippen LogP contribution in [0.5, 0.6) is 0 Å².